The van der Waals surface area contributed by atoms with E-state index in [4.69, 9.17) is 11.6 Å². The van der Waals surface area contributed by atoms with Gasteiger partial charge in [0.1, 0.15) is 5.82 Å². The quantitative estimate of drug-likeness (QED) is 0.771. The lowest BCUT2D eigenvalue weighted by molar-refractivity contribution is 0.444. The molecule has 0 radical (unpaired) electrons. The first-order chi connectivity index (χ1) is 9.90. The van der Waals surface area contributed by atoms with Crippen LogP contribution in [-0.4, -0.2) is 25.8 Å². The van der Waals surface area contributed by atoms with Crippen LogP contribution in [0.1, 0.15) is 37.3 Å². The fourth-order valence-electron chi connectivity index (χ4n) is 2.86. The van der Waals surface area contributed by atoms with Gasteiger partial charge in [0.15, 0.2) is 0 Å². The van der Waals surface area contributed by atoms with Crippen molar-refractivity contribution in [3.8, 4) is 0 Å². The van der Waals surface area contributed by atoms with E-state index in [1.807, 2.05) is 0 Å². The van der Waals surface area contributed by atoms with Crippen molar-refractivity contribution in [2.45, 2.75) is 43.9 Å². The lowest BCUT2D eigenvalue weighted by Crippen LogP contribution is -2.29. The van der Waals surface area contributed by atoms with Crippen molar-refractivity contribution in [3.63, 3.8) is 0 Å². The second kappa shape index (κ2) is 6.63. The van der Waals surface area contributed by atoms with E-state index in [2.05, 4.69) is 6.92 Å². The Kier molecular flexibility index (Phi) is 5.28. The molecule has 6 heteroatoms. The maximum Gasteiger partial charge on any atom is 0.243 e. The maximum atomic E-state index is 13.8. The summed E-state index contributed by atoms with van der Waals surface area (Å²) in [5.74, 6) is -0.0258. The van der Waals surface area contributed by atoms with Crippen molar-refractivity contribution < 1.29 is 12.8 Å². The molecule has 1 fully saturated rings. The molecule has 3 nitrogen and oxygen atoms in total. The topological polar surface area (TPSA) is 37.4 Å². The molecule has 1 heterocycles. The number of benzene rings is 1. The molecule has 1 aromatic carbocycles. The number of hydrogen-bond acceptors (Lipinski definition) is 2. The number of hydrogen-bond donors (Lipinski definition) is 0. The van der Waals surface area contributed by atoms with Gasteiger partial charge in [-0.3, -0.25) is 0 Å². The first-order valence-corrected chi connectivity index (χ1v) is 9.22. The van der Waals surface area contributed by atoms with E-state index in [1.165, 1.54) is 16.4 Å². The van der Waals surface area contributed by atoms with Crippen LogP contribution in [0.5, 0.6) is 0 Å². The molecule has 1 unspecified atom stereocenters. The Morgan fingerprint density at radius 2 is 2.14 bits per heavy atom. The highest BCUT2D eigenvalue weighted by molar-refractivity contribution is 7.89. The number of rotatable bonds is 5. The fourth-order valence-corrected chi connectivity index (χ4v) is 4.72. The van der Waals surface area contributed by atoms with Gasteiger partial charge in [0.25, 0.3) is 0 Å². The van der Waals surface area contributed by atoms with Gasteiger partial charge >= 0.3 is 0 Å². The zero-order chi connectivity index (χ0) is 15.6. The van der Waals surface area contributed by atoms with Gasteiger partial charge < -0.3 is 0 Å². The highest BCUT2D eigenvalue weighted by Crippen LogP contribution is 2.29. The minimum atomic E-state index is -3.55. The Bertz CT molecular complexity index is 618. The Morgan fingerprint density at radius 3 is 2.76 bits per heavy atom. The molecule has 1 atom stereocenters. The monoisotopic (exact) mass is 333 g/mol. The first kappa shape index (κ1) is 16.7. The highest BCUT2D eigenvalue weighted by Gasteiger charge is 2.32. The van der Waals surface area contributed by atoms with Gasteiger partial charge in [-0.25, -0.2) is 12.8 Å². The Balaban J connectivity index is 2.30. The van der Waals surface area contributed by atoms with Crippen molar-refractivity contribution in [2.75, 3.05) is 13.1 Å². The number of halogens is 2. The van der Waals surface area contributed by atoms with E-state index in [1.54, 1.807) is 6.92 Å². The number of aryl methyl sites for hydroxylation is 1. The molecule has 1 saturated heterocycles. The summed E-state index contributed by atoms with van der Waals surface area (Å²) in [6.45, 7) is 4.77. The van der Waals surface area contributed by atoms with E-state index in [-0.39, 0.29) is 16.3 Å². The lowest BCUT2D eigenvalue weighted by Gasteiger charge is -2.18. The van der Waals surface area contributed by atoms with Crippen LogP contribution in [0.25, 0.3) is 0 Å². The summed E-state index contributed by atoms with van der Waals surface area (Å²) in [6.07, 6.45) is 3.00. The first-order valence-electron chi connectivity index (χ1n) is 7.25. The zero-order valence-corrected chi connectivity index (χ0v) is 14.0. The summed E-state index contributed by atoms with van der Waals surface area (Å²) in [6, 6.07) is 2.76. The molecule has 0 bridgehead atoms. The third-order valence-corrected chi connectivity index (χ3v) is 6.16. The van der Waals surface area contributed by atoms with Crippen molar-refractivity contribution in [2.24, 2.45) is 5.92 Å². The smallest absolute Gasteiger partial charge is 0.207 e. The minimum Gasteiger partial charge on any atom is -0.207 e. The summed E-state index contributed by atoms with van der Waals surface area (Å²) in [4.78, 5) is 0.147. The van der Waals surface area contributed by atoms with Crippen LogP contribution in [0, 0.1) is 18.7 Å². The molecule has 1 aliphatic heterocycles. The van der Waals surface area contributed by atoms with E-state index in [0.29, 0.717) is 24.6 Å². The van der Waals surface area contributed by atoms with Crippen LogP contribution in [0.2, 0.25) is 0 Å². The third kappa shape index (κ3) is 3.41. The molecule has 1 aromatic rings. The van der Waals surface area contributed by atoms with Gasteiger partial charge in [-0.2, -0.15) is 4.31 Å². The average Bonchev–Trinajstić information content (AvgIpc) is 2.91. The van der Waals surface area contributed by atoms with Crippen molar-refractivity contribution in [1.82, 2.24) is 4.31 Å². The van der Waals surface area contributed by atoms with Crippen LogP contribution in [0.4, 0.5) is 4.39 Å². The largest absolute Gasteiger partial charge is 0.243 e. The van der Waals surface area contributed by atoms with Crippen LogP contribution >= 0.6 is 11.6 Å². The summed E-state index contributed by atoms with van der Waals surface area (Å²) >= 11 is 5.70. The standard InChI is InChI=1S/C15H21ClFNO2S/c1-3-4-12-5-6-18(10-12)21(19,20)14-7-11(2)15(17)13(8-14)9-16/h7-8,12H,3-6,9-10H2,1-2H3. The Labute approximate surface area is 131 Å². The number of nitrogens with zero attached hydrogens (tertiary/aromatic N) is 1. The van der Waals surface area contributed by atoms with Gasteiger partial charge in [-0.15, -0.1) is 11.6 Å². The SMILES string of the molecule is CCCC1CCN(S(=O)(=O)c2cc(C)c(F)c(CCl)c2)C1. The molecule has 0 amide bonds. The maximum absolute atomic E-state index is 13.8. The normalized spacial score (nSPS) is 20.1. The number of alkyl halides is 1. The lowest BCUT2D eigenvalue weighted by atomic mass is 10.0. The van der Waals surface area contributed by atoms with E-state index >= 15 is 0 Å². The minimum absolute atomic E-state index is 0.0332. The molecule has 0 spiro atoms. The molecule has 2 rings (SSSR count). The Hall–Kier alpha value is -0.650. The predicted molar refractivity (Wildman–Crippen MR) is 82.5 cm³/mol. The van der Waals surface area contributed by atoms with Gasteiger partial charge in [0, 0.05) is 18.7 Å². The van der Waals surface area contributed by atoms with E-state index in [9.17, 15) is 12.8 Å². The average molecular weight is 334 g/mol. The molecule has 0 saturated carbocycles. The Morgan fingerprint density at radius 1 is 1.43 bits per heavy atom. The summed E-state index contributed by atoms with van der Waals surface area (Å²) in [5, 5.41) is 0. The molecular weight excluding hydrogens is 313 g/mol. The van der Waals surface area contributed by atoms with Gasteiger partial charge in [-0.05, 0) is 43.4 Å². The molecule has 0 aromatic heterocycles. The van der Waals surface area contributed by atoms with Crippen LogP contribution in [0.3, 0.4) is 0 Å². The van der Waals surface area contributed by atoms with Gasteiger partial charge in [0.2, 0.25) is 10.0 Å². The predicted octanol–water partition coefficient (Wildman–Crippen LogP) is 3.68. The van der Waals surface area contributed by atoms with E-state index < -0.39 is 15.8 Å². The molecule has 1 aliphatic rings. The van der Waals surface area contributed by atoms with E-state index in [0.717, 1.165) is 19.3 Å². The second-order valence-corrected chi connectivity index (χ2v) is 7.86. The van der Waals surface area contributed by atoms with Crippen LogP contribution in [-0.2, 0) is 15.9 Å². The molecule has 0 N–H and O–H groups in total. The molecular formula is C15H21ClFNO2S. The second-order valence-electron chi connectivity index (χ2n) is 5.65. The third-order valence-electron chi connectivity index (χ3n) is 4.03. The molecule has 0 aliphatic carbocycles. The molecule has 21 heavy (non-hydrogen) atoms. The number of sulfonamides is 1. The summed E-state index contributed by atoms with van der Waals surface area (Å²) in [5.41, 5.74) is 0.551. The van der Waals surface area contributed by atoms with Crippen molar-refractivity contribution in [1.29, 1.82) is 0 Å². The summed E-state index contributed by atoms with van der Waals surface area (Å²) in [7, 11) is -3.55. The fraction of sp³-hybridized carbons (Fsp3) is 0.600. The highest BCUT2D eigenvalue weighted by atomic mass is 35.5. The van der Waals surface area contributed by atoms with Crippen LogP contribution in [0.15, 0.2) is 17.0 Å². The van der Waals surface area contributed by atoms with Crippen molar-refractivity contribution in [3.05, 3.63) is 29.1 Å². The van der Waals surface area contributed by atoms with Crippen molar-refractivity contribution >= 4 is 21.6 Å². The van der Waals surface area contributed by atoms with Gasteiger partial charge in [-0.1, -0.05) is 13.3 Å². The zero-order valence-electron chi connectivity index (χ0n) is 12.4. The van der Waals surface area contributed by atoms with Crippen LogP contribution < -0.4 is 0 Å². The van der Waals surface area contributed by atoms with Gasteiger partial charge in [0.05, 0.1) is 10.8 Å². The molecule has 118 valence electrons. The summed E-state index contributed by atoms with van der Waals surface area (Å²) < 4.78 is 40.7.